The van der Waals surface area contributed by atoms with Crippen molar-refractivity contribution in [2.45, 2.75) is 32.3 Å². The minimum atomic E-state index is -0.279. The van der Waals surface area contributed by atoms with E-state index >= 15 is 0 Å². The van der Waals surface area contributed by atoms with E-state index in [4.69, 9.17) is 28.8 Å². The first kappa shape index (κ1) is 25.7. The van der Waals surface area contributed by atoms with Crippen molar-refractivity contribution in [1.29, 1.82) is 0 Å². The molecule has 1 saturated carbocycles. The van der Waals surface area contributed by atoms with Crippen LogP contribution in [0.3, 0.4) is 0 Å². The molecule has 1 N–H and O–H groups in total. The fourth-order valence-electron chi connectivity index (χ4n) is 3.72. The summed E-state index contributed by atoms with van der Waals surface area (Å²) in [5.74, 6) is 0.600. The Kier molecular flexibility index (Phi) is 10.3. The molecule has 2 aromatic rings. The molecule has 0 saturated heterocycles. The van der Waals surface area contributed by atoms with Gasteiger partial charge in [-0.1, -0.05) is 12.1 Å². The van der Waals surface area contributed by atoms with Crippen LogP contribution < -0.4 is 14.2 Å². The lowest BCUT2D eigenvalue weighted by molar-refractivity contribution is -0.145. The van der Waals surface area contributed by atoms with Crippen molar-refractivity contribution in [3.05, 3.63) is 54.1 Å². The summed E-state index contributed by atoms with van der Waals surface area (Å²) in [7, 11) is 1.61. The monoisotopic (exact) mass is 472 g/mol. The topological polar surface area (TPSA) is 101 Å². The Bertz CT molecular complexity index is 811. The lowest BCUT2D eigenvalue weighted by Crippen LogP contribution is -2.30. The van der Waals surface area contributed by atoms with Crippen LogP contribution >= 0.6 is 0 Å². The number of aliphatic hydroxyl groups excluding tert-OH is 1. The summed E-state index contributed by atoms with van der Waals surface area (Å²) in [6.45, 7) is 1.60. The molecule has 0 unspecified atom stereocenters. The van der Waals surface area contributed by atoms with Gasteiger partial charge in [0.1, 0.15) is 23.9 Å². The maximum absolute atomic E-state index is 12.5. The molecular weight excluding hydrogens is 440 g/mol. The van der Waals surface area contributed by atoms with Crippen molar-refractivity contribution in [2.75, 3.05) is 33.5 Å². The van der Waals surface area contributed by atoms with Gasteiger partial charge in [0.2, 0.25) is 0 Å². The van der Waals surface area contributed by atoms with Crippen LogP contribution in [0.2, 0.25) is 0 Å². The third-order valence-corrected chi connectivity index (χ3v) is 5.64. The number of aliphatic hydroxyl groups is 1. The number of methoxy groups -OCH3 is 1. The van der Waals surface area contributed by atoms with E-state index in [1.807, 2.05) is 12.1 Å². The quantitative estimate of drug-likeness (QED) is 0.284. The van der Waals surface area contributed by atoms with E-state index in [1.165, 1.54) is 0 Å². The molecule has 2 aromatic carbocycles. The van der Waals surface area contributed by atoms with E-state index in [0.717, 1.165) is 5.56 Å². The third-order valence-electron chi connectivity index (χ3n) is 5.64. The summed E-state index contributed by atoms with van der Waals surface area (Å²) in [6.07, 6.45) is 2.33. The predicted octanol–water partition coefficient (Wildman–Crippen LogP) is 3.54. The Labute approximate surface area is 199 Å². The first-order valence-corrected chi connectivity index (χ1v) is 11.5. The number of benzene rings is 2. The van der Waals surface area contributed by atoms with Crippen molar-refractivity contribution in [2.24, 2.45) is 11.8 Å². The van der Waals surface area contributed by atoms with Crippen LogP contribution in [0.5, 0.6) is 17.2 Å². The van der Waals surface area contributed by atoms with Crippen molar-refractivity contribution < 1.29 is 38.4 Å². The van der Waals surface area contributed by atoms with Gasteiger partial charge in [-0.3, -0.25) is 9.59 Å². The number of carbonyl (C=O) groups is 2. The molecule has 34 heavy (non-hydrogen) atoms. The van der Waals surface area contributed by atoms with E-state index in [-0.39, 0.29) is 37.0 Å². The average Bonchev–Trinajstić information content (AvgIpc) is 2.86. The molecule has 8 heteroatoms. The molecule has 1 aliphatic carbocycles. The van der Waals surface area contributed by atoms with Crippen molar-refractivity contribution in [1.82, 2.24) is 0 Å². The normalized spacial score (nSPS) is 17.7. The van der Waals surface area contributed by atoms with Gasteiger partial charge in [-0.15, -0.1) is 0 Å². The SMILES string of the molecule is COCCOc1ccc(OC(=O)C2CCC(C(=O)Oc3ccc(COCCO)cc3)CC2)cc1. The predicted molar refractivity (Wildman–Crippen MR) is 124 cm³/mol. The summed E-state index contributed by atoms with van der Waals surface area (Å²) >= 11 is 0. The maximum Gasteiger partial charge on any atom is 0.314 e. The van der Waals surface area contributed by atoms with Gasteiger partial charge < -0.3 is 28.8 Å². The summed E-state index contributed by atoms with van der Waals surface area (Å²) in [5.41, 5.74) is 0.931. The second-order valence-corrected chi connectivity index (χ2v) is 8.12. The van der Waals surface area contributed by atoms with Crippen molar-refractivity contribution >= 4 is 11.9 Å². The molecule has 0 radical (unpaired) electrons. The Hall–Kier alpha value is -2.94. The minimum absolute atomic E-state index is 0.0200. The van der Waals surface area contributed by atoms with E-state index in [0.29, 0.717) is 62.8 Å². The molecule has 0 amide bonds. The second kappa shape index (κ2) is 13.7. The number of hydrogen-bond donors (Lipinski definition) is 1. The van der Waals surface area contributed by atoms with Crippen molar-refractivity contribution in [3.8, 4) is 17.2 Å². The molecule has 1 fully saturated rings. The molecule has 1 aliphatic rings. The van der Waals surface area contributed by atoms with Crippen LogP contribution in [0.4, 0.5) is 0 Å². The maximum atomic E-state index is 12.5. The standard InChI is InChI=1S/C26H32O8/c1-30-16-17-32-22-10-12-24(13-11-22)34-26(29)21-6-4-20(5-7-21)25(28)33-23-8-2-19(3-9-23)18-31-15-14-27/h2-3,8-13,20-21,27H,4-7,14-18H2,1H3. The molecular formula is C26H32O8. The molecule has 0 bridgehead atoms. The summed E-state index contributed by atoms with van der Waals surface area (Å²) in [6, 6.07) is 14.0. The number of esters is 2. The van der Waals surface area contributed by atoms with Gasteiger partial charge in [0.25, 0.3) is 0 Å². The number of hydrogen-bond acceptors (Lipinski definition) is 8. The van der Waals surface area contributed by atoms with Gasteiger partial charge in [-0.2, -0.15) is 0 Å². The van der Waals surface area contributed by atoms with Gasteiger partial charge in [0.05, 0.1) is 38.3 Å². The highest BCUT2D eigenvalue weighted by atomic mass is 16.5. The largest absolute Gasteiger partial charge is 0.491 e. The van der Waals surface area contributed by atoms with E-state index in [9.17, 15) is 9.59 Å². The smallest absolute Gasteiger partial charge is 0.314 e. The van der Waals surface area contributed by atoms with Crippen LogP contribution in [-0.2, 0) is 25.7 Å². The number of ether oxygens (including phenoxy) is 5. The summed E-state index contributed by atoms with van der Waals surface area (Å²) in [4.78, 5) is 25.1. The summed E-state index contributed by atoms with van der Waals surface area (Å²) < 4.78 is 26.7. The zero-order chi connectivity index (χ0) is 24.2. The van der Waals surface area contributed by atoms with Gasteiger partial charge in [-0.25, -0.2) is 0 Å². The second-order valence-electron chi connectivity index (χ2n) is 8.12. The van der Waals surface area contributed by atoms with E-state index in [1.54, 1.807) is 43.5 Å². The highest BCUT2D eigenvalue weighted by Gasteiger charge is 2.32. The molecule has 8 nitrogen and oxygen atoms in total. The lowest BCUT2D eigenvalue weighted by Gasteiger charge is -2.25. The van der Waals surface area contributed by atoms with Crippen molar-refractivity contribution in [3.63, 3.8) is 0 Å². The van der Waals surface area contributed by atoms with Crippen LogP contribution in [0, 0.1) is 11.8 Å². The van der Waals surface area contributed by atoms with E-state index < -0.39 is 0 Å². The fraction of sp³-hybridized carbons (Fsp3) is 0.462. The Balaban J connectivity index is 1.40. The van der Waals surface area contributed by atoms with Crippen LogP contribution in [-0.4, -0.2) is 50.6 Å². The van der Waals surface area contributed by atoms with Crippen LogP contribution in [0.15, 0.2) is 48.5 Å². The zero-order valence-corrected chi connectivity index (χ0v) is 19.4. The highest BCUT2D eigenvalue weighted by molar-refractivity contribution is 5.77. The number of rotatable bonds is 12. The van der Waals surface area contributed by atoms with Crippen LogP contribution in [0.1, 0.15) is 31.2 Å². The molecule has 0 aliphatic heterocycles. The summed E-state index contributed by atoms with van der Waals surface area (Å²) in [5, 5.41) is 8.75. The zero-order valence-electron chi connectivity index (χ0n) is 19.4. The molecule has 3 rings (SSSR count). The van der Waals surface area contributed by atoms with Gasteiger partial charge in [-0.05, 0) is 67.6 Å². The minimum Gasteiger partial charge on any atom is -0.491 e. The molecule has 0 atom stereocenters. The average molecular weight is 473 g/mol. The van der Waals surface area contributed by atoms with Crippen LogP contribution in [0.25, 0.3) is 0 Å². The Morgan fingerprint density at radius 2 is 1.26 bits per heavy atom. The third kappa shape index (κ3) is 8.13. The van der Waals surface area contributed by atoms with Gasteiger partial charge in [0, 0.05) is 7.11 Å². The molecule has 0 aromatic heterocycles. The molecule has 0 spiro atoms. The molecule has 0 heterocycles. The number of carbonyl (C=O) groups excluding carboxylic acids is 2. The van der Waals surface area contributed by atoms with Gasteiger partial charge >= 0.3 is 11.9 Å². The lowest BCUT2D eigenvalue weighted by atomic mass is 9.82. The Morgan fingerprint density at radius 3 is 1.76 bits per heavy atom. The Morgan fingerprint density at radius 1 is 0.765 bits per heavy atom. The van der Waals surface area contributed by atoms with E-state index in [2.05, 4.69) is 0 Å². The fourth-order valence-corrected chi connectivity index (χ4v) is 3.72. The highest BCUT2D eigenvalue weighted by Crippen LogP contribution is 2.31. The van der Waals surface area contributed by atoms with Gasteiger partial charge in [0.15, 0.2) is 0 Å². The molecule has 184 valence electrons. The first-order chi connectivity index (χ1) is 16.6. The first-order valence-electron chi connectivity index (χ1n) is 11.5.